The van der Waals surface area contributed by atoms with Crippen molar-refractivity contribution in [2.45, 2.75) is 18.9 Å². The minimum absolute atomic E-state index is 0. The molecule has 1 aliphatic carbocycles. The molecule has 0 saturated heterocycles. The summed E-state index contributed by atoms with van der Waals surface area (Å²) < 4.78 is 13.9. The molecule has 1 aromatic carbocycles. The van der Waals surface area contributed by atoms with Crippen LogP contribution in [0.5, 0.6) is 0 Å². The summed E-state index contributed by atoms with van der Waals surface area (Å²) in [5.74, 6) is -0.138. The maximum Gasteiger partial charge on any atom is 0.140 e. The van der Waals surface area contributed by atoms with Gasteiger partial charge in [-0.05, 0) is 46.0 Å². The first kappa shape index (κ1) is 11.0. The highest BCUT2D eigenvalue weighted by molar-refractivity contribution is 9.10. The molecule has 1 aliphatic rings. The van der Waals surface area contributed by atoms with Crippen LogP contribution < -0.4 is 5.73 Å². The summed E-state index contributed by atoms with van der Waals surface area (Å²) in [7, 11) is 0. The van der Waals surface area contributed by atoms with Crippen LogP contribution in [0.1, 0.15) is 23.6 Å². The molecule has 2 rings (SSSR count). The van der Waals surface area contributed by atoms with Gasteiger partial charge in [-0.1, -0.05) is 6.07 Å². The highest BCUT2D eigenvalue weighted by atomic mass is 79.9. The first-order valence-corrected chi connectivity index (χ1v) is 4.72. The average Bonchev–Trinajstić information content (AvgIpc) is 2.41. The fourth-order valence-corrected chi connectivity index (χ4v) is 2.04. The average molecular weight is 267 g/mol. The lowest BCUT2D eigenvalue weighted by atomic mass is 10.1. The summed E-state index contributed by atoms with van der Waals surface area (Å²) in [6.45, 7) is 0. The third-order valence-electron chi connectivity index (χ3n) is 2.34. The molecular formula is C9H10BrClFN. The number of hydrogen-bond donors (Lipinski definition) is 1. The van der Waals surface area contributed by atoms with Crippen LogP contribution in [0.25, 0.3) is 0 Å². The Kier molecular flexibility index (Phi) is 3.33. The second-order valence-corrected chi connectivity index (χ2v) is 3.93. The minimum Gasteiger partial charge on any atom is -0.324 e. The van der Waals surface area contributed by atoms with Crippen molar-refractivity contribution in [3.05, 3.63) is 33.5 Å². The van der Waals surface area contributed by atoms with E-state index in [2.05, 4.69) is 15.9 Å². The van der Waals surface area contributed by atoms with Gasteiger partial charge in [0.05, 0.1) is 4.47 Å². The number of fused-ring (bicyclic) bond motifs is 1. The van der Waals surface area contributed by atoms with Gasteiger partial charge in [0.2, 0.25) is 0 Å². The molecule has 1 unspecified atom stereocenters. The van der Waals surface area contributed by atoms with Crippen LogP contribution in [-0.4, -0.2) is 0 Å². The van der Waals surface area contributed by atoms with Gasteiger partial charge in [-0.2, -0.15) is 0 Å². The lowest BCUT2D eigenvalue weighted by molar-refractivity contribution is 0.606. The fourth-order valence-electron chi connectivity index (χ4n) is 1.66. The van der Waals surface area contributed by atoms with Crippen LogP contribution in [0.3, 0.4) is 0 Å². The van der Waals surface area contributed by atoms with Gasteiger partial charge in [0, 0.05) is 6.04 Å². The van der Waals surface area contributed by atoms with E-state index in [1.807, 2.05) is 6.07 Å². The standard InChI is InChI=1S/C9H9BrFN.ClH/c10-7-3-1-5-6(9(7)11)2-4-8(5)12;/h1,3,8H,2,4,12H2;1H. The SMILES string of the molecule is Cl.NC1CCc2c1ccc(Br)c2F. The molecule has 0 fully saturated rings. The van der Waals surface area contributed by atoms with Gasteiger partial charge < -0.3 is 5.73 Å². The van der Waals surface area contributed by atoms with Crippen LogP contribution in [-0.2, 0) is 6.42 Å². The van der Waals surface area contributed by atoms with Crippen LogP contribution in [0.2, 0.25) is 0 Å². The molecule has 0 heterocycles. The van der Waals surface area contributed by atoms with E-state index < -0.39 is 0 Å². The molecule has 0 aliphatic heterocycles. The third-order valence-corrected chi connectivity index (χ3v) is 2.95. The van der Waals surface area contributed by atoms with Crippen molar-refractivity contribution in [1.29, 1.82) is 0 Å². The Morgan fingerprint density at radius 1 is 1.46 bits per heavy atom. The van der Waals surface area contributed by atoms with E-state index in [9.17, 15) is 4.39 Å². The van der Waals surface area contributed by atoms with Crippen molar-refractivity contribution in [2.75, 3.05) is 0 Å². The maximum atomic E-state index is 13.4. The molecule has 13 heavy (non-hydrogen) atoms. The van der Waals surface area contributed by atoms with Gasteiger partial charge >= 0.3 is 0 Å². The largest absolute Gasteiger partial charge is 0.324 e. The van der Waals surface area contributed by atoms with Gasteiger partial charge in [0.25, 0.3) is 0 Å². The first-order chi connectivity index (χ1) is 5.70. The van der Waals surface area contributed by atoms with E-state index in [1.54, 1.807) is 6.07 Å². The highest BCUT2D eigenvalue weighted by Gasteiger charge is 2.22. The summed E-state index contributed by atoms with van der Waals surface area (Å²) in [5, 5.41) is 0. The predicted octanol–water partition coefficient (Wildman–Crippen LogP) is 2.96. The zero-order valence-electron chi connectivity index (χ0n) is 6.89. The summed E-state index contributed by atoms with van der Waals surface area (Å²) >= 11 is 3.15. The zero-order valence-corrected chi connectivity index (χ0v) is 9.29. The molecule has 0 radical (unpaired) electrons. The maximum absolute atomic E-state index is 13.4. The summed E-state index contributed by atoms with van der Waals surface area (Å²) in [6.07, 6.45) is 1.63. The predicted molar refractivity (Wildman–Crippen MR) is 56.6 cm³/mol. The number of nitrogens with two attached hydrogens (primary N) is 1. The molecule has 4 heteroatoms. The number of halogens is 3. The number of hydrogen-bond acceptors (Lipinski definition) is 1. The molecular weight excluding hydrogens is 256 g/mol. The molecule has 1 aromatic rings. The van der Waals surface area contributed by atoms with E-state index in [0.717, 1.165) is 24.0 Å². The number of rotatable bonds is 0. The molecule has 0 amide bonds. The lowest BCUT2D eigenvalue weighted by Gasteiger charge is -2.05. The van der Waals surface area contributed by atoms with Crippen LogP contribution in [0, 0.1) is 5.82 Å². The molecule has 0 saturated carbocycles. The van der Waals surface area contributed by atoms with Crippen molar-refractivity contribution in [1.82, 2.24) is 0 Å². The quantitative estimate of drug-likeness (QED) is 0.768. The summed E-state index contributed by atoms with van der Waals surface area (Å²) in [5.41, 5.74) is 7.54. The van der Waals surface area contributed by atoms with Gasteiger partial charge in [-0.3, -0.25) is 0 Å². The van der Waals surface area contributed by atoms with E-state index >= 15 is 0 Å². The van der Waals surface area contributed by atoms with Gasteiger partial charge in [0.1, 0.15) is 5.82 Å². The molecule has 0 spiro atoms. The van der Waals surface area contributed by atoms with Crippen LogP contribution >= 0.6 is 28.3 Å². The van der Waals surface area contributed by atoms with Crippen molar-refractivity contribution < 1.29 is 4.39 Å². The Balaban J connectivity index is 0.000000845. The van der Waals surface area contributed by atoms with E-state index in [-0.39, 0.29) is 24.3 Å². The van der Waals surface area contributed by atoms with Crippen molar-refractivity contribution in [2.24, 2.45) is 5.73 Å². The molecule has 1 nitrogen and oxygen atoms in total. The smallest absolute Gasteiger partial charge is 0.140 e. The van der Waals surface area contributed by atoms with Gasteiger partial charge in [-0.15, -0.1) is 12.4 Å². The Bertz CT molecular complexity index is 330. The normalized spacial score (nSPS) is 19.5. The third kappa shape index (κ3) is 1.73. The van der Waals surface area contributed by atoms with Crippen LogP contribution in [0.4, 0.5) is 4.39 Å². The molecule has 72 valence electrons. The molecule has 0 aromatic heterocycles. The molecule has 1 atom stereocenters. The van der Waals surface area contributed by atoms with E-state index in [4.69, 9.17) is 5.73 Å². The Labute approximate surface area is 91.0 Å². The molecule has 2 N–H and O–H groups in total. The minimum atomic E-state index is -0.138. The van der Waals surface area contributed by atoms with Gasteiger partial charge in [0.15, 0.2) is 0 Å². The van der Waals surface area contributed by atoms with Crippen molar-refractivity contribution in [3.63, 3.8) is 0 Å². The topological polar surface area (TPSA) is 26.0 Å². The van der Waals surface area contributed by atoms with Crippen LogP contribution in [0.15, 0.2) is 16.6 Å². The molecule has 0 bridgehead atoms. The first-order valence-electron chi connectivity index (χ1n) is 3.92. The zero-order chi connectivity index (χ0) is 8.72. The summed E-state index contributed by atoms with van der Waals surface area (Å²) in [4.78, 5) is 0. The number of benzene rings is 1. The van der Waals surface area contributed by atoms with Gasteiger partial charge in [-0.25, -0.2) is 4.39 Å². The van der Waals surface area contributed by atoms with E-state index in [1.165, 1.54) is 0 Å². The Hall–Kier alpha value is -0.120. The lowest BCUT2D eigenvalue weighted by Crippen LogP contribution is -2.05. The van der Waals surface area contributed by atoms with Crippen molar-refractivity contribution in [3.8, 4) is 0 Å². The highest BCUT2D eigenvalue weighted by Crippen LogP contribution is 2.33. The van der Waals surface area contributed by atoms with E-state index in [0.29, 0.717) is 4.47 Å². The fraction of sp³-hybridized carbons (Fsp3) is 0.333. The van der Waals surface area contributed by atoms with Crippen molar-refractivity contribution >= 4 is 28.3 Å². The Morgan fingerprint density at radius 3 is 2.85 bits per heavy atom. The summed E-state index contributed by atoms with van der Waals surface area (Å²) in [6, 6.07) is 3.65. The Morgan fingerprint density at radius 2 is 2.15 bits per heavy atom. The monoisotopic (exact) mass is 265 g/mol. The second kappa shape index (κ2) is 3.95. The second-order valence-electron chi connectivity index (χ2n) is 3.07.